The summed E-state index contributed by atoms with van der Waals surface area (Å²) in [6.45, 7) is 1.70. The Kier molecular flexibility index (Phi) is 7.09. The molecule has 0 fully saturated rings. The average molecular weight is 321 g/mol. The van der Waals surface area contributed by atoms with Crippen LogP contribution in [0.1, 0.15) is 10.4 Å². The van der Waals surface area contributed by atoms with E-state index in [9.17, 15) is 4.79 Å². The number of rotatable bonds is 7. The molecule has 20 heavy (non-hydrogen) atoms. The van der Waals surface area contributed by atoms with E-state index in [4.69, 9.17) is 38.4 Å². The third-order valence-corrected chi connectivity index (χ3v) is 3.50. The van der Waals surface area contributed by atoms with Gasteiger partial charge in [0.15, 0.2) is 0 Å². The molecular formula is C13H18Cl2N2O3. The number of nitrogens with zero attached hydrogens (tertiary/aromatic N) is 1. The number of ether oxygens (including phenoxy) is 2. The molecule has 0 saturated heterocycles. The van der Waals surface area contributed by atoms with Gasteiger partial charge >= 0.3 is 0 Å². The van der Waals surface area contributed by atoms with Crippen LogP contribution < -0.4 is 5.73 Å². The van der Waals surface area contributed by atoms with E-state index in [0.29, 0.717) is 32.0 Å². The molecular weight excluding hydrogens is 303 g/mol. The first-order valence-corrected chi connectivity index (χ1v) is 6.78. The van der Waals surface area contributed by atoms with Crippen molar-refractivity contribution >= 4 is 34.8 Å². The summed E-state index contributed by atoms with van der Waals surface area (Å²) < 4.78 is 10.00. The smallest absolute Gasteiger partial charge is 0.255 e. The predicted octanol–water partition coefficient (Wildman–Crippen LogP) is 2.31. The maximum absolute atomic E-state index is 12.5. The second kappa shape index (κ2) is 8.32. The highest BCUT2D eigenvalue weighted by Gasteiger charge is 2.20. The monoisotopic (exact) mass is 320 g/mol. The van der Waals surface area contributed by atoms with Gasteiger partial charge in [0.1, 0.15) is 0 Å². The van der Waals surface area contributed by atoms with Crippen LogP contribution >= 0.6 is 23.2 Å². The van der Waals surface area contributed by atoms with Crippen LogP contribution in [0.2, 0.25) is 10.0 Å². The number of carbonyl (C=O) groups excluding carboxylic acids is 1. The number of anilines is 1. The van der Waals surface area contributed by atoms with E-state index in [0.717, 1.165) is 0 Å². The van der Waals surface area contributed by atoms with Gasteiger partial charge in [0.2, 0.25) is 0 Å². The van der Waals surface area contributed by atoms with Crippen LogP contribution in [0, 0.1) is 0 Å². The Hall–Kier alpha value is -1.01. The van der Waals surface area contributed by atoms with Crippen molar-refractivity contribution in [1.29, 1.82) is 0 Å². The lowest BCUT2D eigenvalue weighted by Crippen LogP contribution is -2.36. The number of halogens is 2. The van der Waals surface area contributed by atoms with Crippen molar-refractivity contribution < 1.29 is 14.3 Å². The van der Waals surface area contributed by atoms with Crippen LogP contribution in [0.15, 0.2) is 12.1 Å². The second-order valence-corrected chi connectivity index (χ2v) is 4.93. The minimum atomic E-state index is -0.252. The fourth-order valence-corrected chi connectivity index (χ4v) is 2.07. The van der Waals surface area contributed by atoms with Crippen LogP contribution in [0.3, 0.4) is 0 Å². The molecule has 0 atom stereocenters. The number of hydrogen-bond donors (Lipinski definition) is 1. The first kappa shape index (κ1) is 17.0. The molecule has 1 aromatic carbocycles. The molecule has 0 saturated carbocycles. The zero-order valence-corrected chi connectivity index (χ0v) is 13.0. The molecule has 1 amide bonds. The maximum Gasteiger partial charge on any atom is 0.255 e. The molecule has 0 aliphatic carbocycles. The molecule has 5 nitrogen and oxygen atoms in total. The molecule has 2 N–H and O–H groups in total. The van der Waals surface area contributed by atoms with Crippen LogP contribution in [0.25, 0.3) is 0 Å². The van der Waals surface area contributed by atoms with E-state index in [1.165, 1.54) is 12.1 Å². The summed E-state index contributed by atoms with van der Waals surface area (Å²) in [6.07, 6.45) is 0. The molecule has 0 heterocycles. The Labute approximate surface area is 128 Å². The summed E-state index contributed by atoms with van der Waals surface area (Å²) in [6, 6.07) is 3.03. The largest absolute Gasteiger partial charge is 0.399 e. The van der Waals surface area contributed by atoms with E-state index in [2.05, 4.69) is 0 Å². The van der Waals surface area contributed by atoms with Crippen molar-refractivity contribution in [1.82, 2.24) is 4.90 Å². The molecule has 0 radical (unpaired) electrons. The van der Waals surface area contributed by atoms with Crippen molar-refractivity contribution in [3.63, 3.8) is 0 Å². The van der Waals surface area contributed by atoms with Gasteiger partial charge in [-0.3, -0.25) is 4.79 Å². The van der Waals surface area contributed by atoms with Gasteiger partial charge in [-0.2, -0.15) is 0 Å². The molecule has 0 aromatic heterocycles. The Morgan fingerprint density at radius 2 is 1.75 bits per heavy atom. The fourth-order valence-electron chi connectivity index (χ4n) is 1.65. The van der Waals surface area contributed by atoms with Gasteiger partial charge in [0.05, 0.1) is 28.8 Å². The fraction of sp³-hybridized carbons (Fsp3) is 0.462. The van der Waals surface area contributed by atoms with E-state index in [1.54, 1.807) is 19.1 Å². The number of amides is 1. The van der Waals surface area contributed by atoms with Gasteiger partial charge in [0.25, 0.3) is 5.91 Å². The minimum absolute atomic E-state index is 0.200. The predicted molar refractivity (Wildman–Crippen MR) is 80.5 cm³/mol. The van der Waals surface area contributed by atoms with Gasteiger partial charge in [-0.1, -0.05) is 23.2 Å². The standard InChI is InChI=1S/C13H18Cl2N2O3/c1-19-5-3-17(4-6-20-2)13(18)10-7-9(16)8-11(14)12(10)15/h7-8H,3-6,16H2,1-2H3. The molecule has 0 aliphatic heterocycles. The van der Waals surface area contributed by atoms with Gasteiger partial charge < -0.3 is 20.1 Å². The van der Waals surface area contributed by atoms with Crippen LogP contribution in [-0.2, 0) is 9.47 Å². The van der Waals surface area contributed by atoms with E-state index < -0.39 is 0 Å². The Morgan fingerprint density at radius 1 is 1.20 bits per heavy atom. The highest BCUT2D eigenvalue weighted by molar-refractivity contribution is 6.44. The molecule has 0 bridgehead atoms. The van der Waals surface area contributed by atoms with Crippen LogP contribution in [0.5, 0.6) is 0 Å². The third-order valence-electron chi connectivity index (χ3n) is 2.70. The normalized spacial score (nSPS) is 10.6. The number of nitrogens with two attached hydrogens (primary N) is 1. The van der Waals surface area contributed by atoms with E-state index in [1.807, 2.05) is 0 Å². The zero-order chi connectivity index (χ0) is 15.1. The van der Waals surface area contributed by atoms with Crippen LogP contribution in [0.4, 0.5) is 5.69 Å². The number of methoxy groups -OCH3 is 2. The lowest BCUT2D eigenvalue weighted by Gasteiger charge is -2.23. The first-order valence-electron chi connectivity index (χ1n) is 6.03. The van der Waals surface area contributed by atoms with E-state index >= 15 is 0 Å². The number of nitrogen functional groups attached to an aromatic ring is 1. The van der Waals surface area contributed by atoms with Crippen LogP contribution in [-0.4, -0.2) is 51.3 Å². The van der Waals surface area contributed by atoms with Crippen molar-refractivity contribution in [2.45, 2.75) is 0 Å². The topological polar surface area (TPSA) is 64.8 Å². The summed E-state index contributed by atoms with van der Waals surface area (Å²) >= 11 is 12.0. The third kappa shape index (κ3) is 4.52. The Balaban J connectivity index is 2.98. The summed E-state index contributed by atoms with van der Waals surface area (Å²) in [5.74, 6) is -0.252. The quantitative estimate of drug-likeness (QED) is 0.783. The van der Waals surface area contributed by atoms with Gasteiger partial charge in [-0.15, -0.1) is 0 Å². The number of benzene rings is 1. The molecule has 0 spiro atoms. The Morgan fingerprint density at radius 3 is 2.25 bits per heavy atom. The SMILES string of the molecule is COCCN(CCOC)C(=O)c1cc(N)cc(Cl)c1Cl. The zero-order valence-electron chi connectivity index (χ0n) is 11.5. The maximum atomic E-state index is 12.5. The second-order valence-electron chi connectivity index (χ2n) is 4.14. The highest BCUT2D eigenvalue weighted by Crippen LogP contribution is 2.29. The average Bonchev–Trinajstić information content (AvgIpc) is 2.42. The molecule has 7 heteroatoms. The molecule has 112 valence electrons. The number of hydrogen-bond acceptors (Lipinski definition) is 4. The lowest BCUT2D eigenvalue weighted by molar-refractivity contribution is 0.0627. The Bertz CT molecular complexity index is 461. The van der Waals surface area contributed by atoms with Gasteiger partial charge in [0, 0.05) is 33.0 Å². The van der Waals surface area contributed by atoms with Gasteiger partial charge in [-0.05, 0) is 12.1 Å². The summed E-state index contributed by atoms with van der Waals surface area (Å²) in [5, 5.41) is 0.458. The highest BCUT2D eigenvalue weighted by atomic mass is 35.5. The molecule has 0 unspecified atom stereocenters. The van der Waals surface area contributed by atoms with Crippen molar-refractivity contribution in [3.8, 4) is 0 Å². The summed E-state index contributed by atoms with van der Waals surface area (Å²) in [7, 11) is 3.15. The molecule has 1 aromatic rings. The minimum Gasteiger partial charge on any atom is -0.399 e. The summed E-state index contributed by atoms with van der Waals surface area (Å²) in [5.41, 5.74) is 6.37. The van der Waals surface area contributed by atoms with Gasteiger partial charge in [-0.25, -0.2) is 0 Å². The first-order chi connectivity index (χ1) is 9.51. The van der Waals surface area contributed by atoms with Crippen molar-refractivity contribution in [2.24, 2.45) is 0 Å². The van der Waals surface area contributed by atoms with Crippen molar-refractivity contribution in [3.05, 3.63) is 27.7 Å². The molecule has 1 rings (SSSR count). The summed E-state index contributed by atoms with van der Waals surface area (Å²) in [4.78, 5) is 14.1. The van der Waals surface area contributed by atoms with Crippen molar-refractivity contribution in [2.75, 3.05) is 46.3 Å². The lowest BCUT2D eigenvalue weighted by atomic mass is 10.1. The van der Waals surface area contributed by atoms with E-state index in [-0.39, 0.29) is 21.5 Å². The number of carbonyl (C=O) groups is 1. The molecule has 0 aliphatic rings.